The average molecular weight is 294 g/mol. The van der Waals surface area contributed by atoms with E-state index >= 15 is 0 Å². The van der Waals surface area contributed by atoms with Crippen LogP contribution in [0, 0.1) is 0 Å². The summed E-state index contributed by atoms with van der Waals surface area (Å²) in [4.78, 5) is 2.56. The predicted molar refractivity (Wildman–Crippen MR) is 84.9 cm³/mol. The van der Waals surface area contributed by atoms with E-state index in [0.717, 1.165) is 19.5 Å². The van der Waals surface area contributed by atoms with Gasteiger partial charge in [0.25, 0.3) is 0 Å². The molecule has 2 fully saturated rings. The molecule has 1 spiro atoms. The number of quaternary nitrogens is 1. The summed E-state index contributed by atoms with van der Waals surface area (Å²) in [7, 11) is 0. The van der Waals surface area contributed by atoms with Crippen LogP contribution in [0.25, 0.3) is 0 Å². The molecule has 2 aliphatic heterocycles. The second kappa shape index (κ2) is 6.46. The highest BCUT2D eigenvalue weighted by Gasteiger charge is 2.41. The second-order valence-corrected chi connectivity index (χ2v) is 6.92. The lowest BCUT2D eigenvalue weighted by Gasteiger charge is -2.50. The van der Waals surface area contributed by atoms with Gasteiger partial charge in [0.2, 0.25) is 0 Å². The summed E-state index contributed by atoms with van der Waals surface area (Å²) in [6, 6.07) is 10.8. The fourth-order valence-electron chi connectivity index (χ4n) is 3.74. The highest BCUT2D eigenvalue weighted by atomic mass is 35.5. The summed E-state index contributed by atoms with van der Waals surface area (Å²) in [5.74, 6) is 0. The lowest BCUT2D eigenvalue weighted by atomic mass is 10.1. The van der Waals surface area contributed by atoms with Crippen molar-refractivity contribution in [2.45, 2.75) is 31.2 Å². The Hall–Kier alpha value is -0.570. The molecule has 1 aromatic carbocycles. The molecular formula is C17H26ClN2+. The molecule has 0 aliphatic carbocycles. The van der Waals surface area contributed by atoms with Crippen LogP contribution >= 0.6 is 11.6 Å². The highest BCUT2D eigenvalue weighted by molar-refractivity contribution is 6.19. The van der Waals surface area contributed by atoms with Gasteiger partial charge in [0, 0.05) is 13.1 Å². The molecule has 2 heterocycles. The van der Waals surface area contributed by atoms with Gasteiger partial charge in [-0.3, -0.25) is 4.90 Å². The number of hydrogen-bond acceptors (Lipinski definition) is 1. The summed E-state index contributed by atoms with van der Waals surface area (Å²) in [5.41, 5.74) is 1.74. The van der Waals surface area contributed by atoms with E-state index in [1.165, 1.54) is 55.5 Å². The third-order valence-electron chi connectivity index (χ3n) is 5.13. The highest BCUT2D eigenvalue weighted by Crippen LogP contribution is 2.28. The van der Waals surface area contributed by atoms with Crippen LogP contribution in [-0.2, 0) is 6.42 Å². The molecule has 1 unspecified atom stereocenters. The molecule has 2 nitrogen and oxygen atoms in total. The Balaban J connectivity index is 1.52. The summed E-state index contributed by atoms with van der Waals surface area (Å²) in [5, 5.41) is 0. The van der Waals surface area contributed by atoms with E-state index in [1.54, 1.807) is 0 Å². The maximum absolute atomic E-state index is 6.76. The summed E-state index contributed by atoms with van der Waals surface area (Å²) >= 11 is 6.76. The van der Waals surface area contributed by atoms with Crippen LogP contribution in [0.15, 0.2) is 30.3 Å². The van der Waals surface area contributed by atoms with E-state index in [9.17, 15) is 0 Å². The van der Waals surface area contributed by atoms with Gasteiger partial charge in [-0.25, -0.2) is 0 Å². The van der Waals surface area contributed by atoms with Gasteiger partial charge in [-0.05, 0) is 31.2 Å². The predicted octanol–water partition coefficient (Wildman–Crippen LogP) is 3.11. The molecule has 1 aromatic rings. The molecular weight excluding hydrogens is 268 g/mol. The van der Waals surface area contributed by atoms with Gasteiger partial charge in [0.15, 0.2) is 5.50 Å². The molecule has 0 radical (unpaired) electrons. The number of alkyl halides is 1. The average Bonchev–Trinajstić information content (AvgIpc) is 2.51. The van der Waals surface area contributed by atoms with E-state index in [0.29, 0.717) is 5.50 Å². The van der Waals surface area contributed by atoms with Crippen molar-refractivity contribution in [3.05, 3.63) is 35.9 Å². The van der Waals surface area contributed by atoms with E-state index in [1.807, 2.05) is 0 Å². The normalized spacial score (nSPS) is 26.8. The fourth-order valence-corrected chi connectivity index (χ4v) is 4.23. The van der Waals surface area contributed by atoms with Gasteiger partial charge in [-0.15, -0.1) is 0 Å². The Morgan fingerprint density at radius 3 is 2.50 bits per heavy atom. The van der Waals surface area contributed by atoms with E-state index in [4.69, 9.17) is 11.6 Å². The molecule has 20 heavy (non-hydrogen) atoms. The SMILES string of the molecule is ClC1CN(CCc2ccccc2)CC[N+]12CCCCC2. The molecule has 1 atom stereocenters. The van der Waals surface area contributed by atoms with Crippen LogP contribution in [0.2, 0.25) is 0 Å². The fraction of sp³-hybridized carbons (Fsp3) is 0.647. The quantitative estimate of drug-likeness (QED) is 0.470. The minimum atomic E-state index is 0.305. The molecule has 0 aromatic heterocycles. The first kappa shape index (κ1) is 14.4. The molecule has 2 saturated heterocycles. The molecule has 0 bridgehead atoms. The molecule has 110 valence electrons. The van der Waals surface area contributed by atoms with Gasteiger partial charge in [-0.2, -0.15) is 0 Å². The lowest BCUT2D eigenvalue weighted by molar-refractivity contribution is -0.947. The molecule has 3 heteroatoms. The molecule has 0 amide bonds. The Labute approximate surface area is 127 Å². The summed E-state index contributed by atoms with van der Waals surface area (Å²) in [6.45, 7) is 7.29. The zero-order chi connectivity index (χ0) is 13.8. The first-order chi connectivity index (χ1) is 9.78. The van der Waals surface area contributed by atoms with Crippen molar-refractivity contribution in [2.24, 2.45) is 0 Å². The number of piperidine rings is 1. The van der Waals surface area contributed by atoms with E-state index in [2.05, 4.69) is 35.2 Å². The Kier molecular flexibility index (Phi) is 4.65. The molecule has 3 rings (SSSR count). The minimum Gasteiger partial charge on any atom is -0.306 e. The van der Waals surface area contributed by atoms with Crippen LogP contribution in [0.4, 0.5) is 0 Å². The minimum absolute atomic E-state index is 0.305. The largest absolute Gasteiger partial charge is 0.306 e. The smallest absolute Gasteiger partial charge is 0.177 e. The number of nitrogens with zero attached hydrogens (tertiary/aromatic N) is 2. The molecule has 0 saturated carbocycles. The van der Waals surface area contributed by atoms with E-state index < -0.39 is 0 Å². The Morgan fingerprint density at radius 2 is 1.80 bits per heavy atom. The van der Waals surface area contributed by atoms with Gasteiger partial charge >= 0.3 is 0 Å². The van der Waals surface area contributed by atoms with Crippen LogP contribution in [-0.4, -0.2) is 54.2 Å². The zero-order valence-electron chi connectivity index (χ0n) is 12.3. The Bertz CT molecular complexity index is 414. The van der Waals surface area contributed by atoms with Gasteiger partial charge in [0.1, 0.15) is 0 Å². The van der Waals surface area contributed by atoms with Crippen molar-refractivity contribution in [2.75, 3.05) is 39.3 Å². The third-order valence-corrected chi connectivity index (χ3v) is 5.68. The van der Waals surface area contributed by atoms with Crippen molar-refractivity contribution in [3.8, 4) is 0 Å². The molecule has 2 aliphatic rings. The van der Waals surface area contributed by atoms with Gasteiger partial charge in [0.05, 0.1) is 26.2 Å². The van der Waals surface area contributed by atoms with Crippen molar-refractivity contribution in [1.82, 2.24) is 4.90 Å². The second-order valence-electron chi connectivity index (χ2n) is 6.42. The van der Waals surface area contributed by atoms with Crippen molar-refractivity contribution < 1.29 is 4.48 Å². The third kappa shape index (κ3) is 3.19. The first-order valence-corrected chi connectivity index (χ1v) is 8.48. The van der Waals surface area contributed by atoms with Crippen molar-refractivity contribution in [1.29, 1.82) is 0 Å². The number of halogens is 1. The number of piperazine rings is 1. The van der Waals surface area contributed by atoms with Crippen molar-refractivity contribution >= 4 is 11.6 Å². The van der Waals surface area contributed by atoms with Crippen LogP contribution in [0.1, 0.15) is 24.8 Å². The summed E-state index contributed by atoms with van der Waals surface area (Å²) < 4.78 is 1.18. The van der Waals surface area contributed by atoms with E-state index in [-0.39, 0.29) is 0 Å². The van der Waals surface area contributed by atoms with Gasteiger partial charge < -0.3 is 4.48 Å². The van der Waals surface area contributed by atoms with Crippen LogP contribution in [0.3, 0.4) is 0 Å². The topological polar surface area (TPSA) is 3.24 Å². The maximum Gasteiger partial charge on any atom is 0.177 e. The summed E-state index contributed by atoms with van der Waals surface area (Å²) in [6.07, 6.45) is 5.28. The van der Waals surface area contributed by atoms with Gasteiger partial charge in [-0.1, -0.05) is 41.9 Å². The number of benzene rings is 1. The maximum atomic E-state index is 6.76. The van der Waals surface area contributed by atoms with Crippen molar-refractivity contribution in [3.63, 3.8) is 0 Å². The lowest BCUT2D eigenvalue weighted by Crippen LogP contribution is -2.65. The first-order valence-electron chi connectivity index (χ1n) is 8.05. The standard InChI is InChI=1S/C17H26ClN2/c18-17-15-19(10-9-16-7-3-1-4-8-16)11-14-20(17)12-5-2-6-13-20/h1,3-4,7-8,17H,2,5-6,9-15H2/q+1. The van der Waals surface area contributed by atoms with Crippen LogP contribution in [0.5, 0.6) is 0 Å². The van der Waals surface area contributed by atoms with Crippen LogP contribution < -0.4 is 0 Å². The molecule has 0 N–H and O–H groups in total. The Morgan fingerprint density at radius 1 is 1.05 bits per heavy atom. The number of hydrogen-bond donors (Lipinski definition) is 0. The number of rotatable bonds is 3. The monoisotopic (exact) mass is 293 g/mol. The zero-order valence-corrected chi connectivity index (χ0v) is 13.1.